The normalized spacial score (nSPS) is 11.2. The number of hydrogen-bond acceptors (Lipinski definition) is 5. The number of amides is 1. The minimum Gasteiger partial charge on any atom is -0.462 e. The summed E-state index contributed by atoms with van der Waals surface area (Å²) in [6.45, 7) is 3.80. The highest BCUT2D eigenvalue weighted by Crippen LogP contribution is 2.21. The molecule has 0 heterocycles. The number of aryl methyl sites for hydroxylation is 1. The first-order valence-electron chi connectivity index (χ1n) is 8.93. The van der Waals surface area contributed by atoms with Crippen LogP contribution in [0.2, 0.25) is 0 Å². The third-order valence-corrected chi connectivity index (χ3v) is 6.12. The molecule has 0 spiro atoms. The summed E-state index contributed by atoms with van der Waals surface area (Å²) in [5.41, 5.74) is 2.41. The van der Waals surface area contributed by atoms with Crippen molar-refractivity contribution < 1.29 is 22.7 Å². The molecule has 156 valence electrons. The molecule has 1 amide bonds. The monoisotopic (exact) mass is 419 g/mol. The van der Waals surface area contributed by atoms with Crippen LogP contribution in [-0.2, 0) is 14.9 Å². The van der Waals surface area contributed by atoms with E-state index in [1.165, 1.54) is 33.3 Å². The summed E-state index contributed by atoms with van der Waals surface area (Å²) in [5, 5.41) is 2.77. The van der Waals surface area contributed by atoms with E-state index >= 15 is 0 Å². The zero-order valence-corrected chi connectivity index (χ0v) is 17.9. The van der Waals surface area contributed by atoms with Crippen LogP contribution in [0.1, 0.15) is 33.2 Å². The molecule has 0 atom stereocenters. The van der Waals surface area contributed by atoms with E-state index in [9.17, 15) is 18.0 Å². The summed E-state index contributed by atoms with van der Waals surface area (Å²) < 4.78 is 31.6. The molecule has 29 heavy (non-hydrogen) atoms. The van der Waals surface area contributed by atoms with E-state index < -0.39 is 16.2 Å². The Morgan fingerprint density at radius 3 is 2.14 bits per heavy atom. The van der Waals surface area contributed by atoms with Crippen molar-refractivity contribution in [1.82, 2.24) is 4.31 Å². The summed E-state index contributed by atoms with van der Waals surface area (Å²) in [5.74, 6) is -0.837. The molecule has 0 fully saturated rings. The van der Waals surface area contributed by atoms with Crippen molar-refractivity contribution in [3.63, 3.8) is 0 Å². The Hall–Kier alpha value is -2.91. The Balaban J connectivity index is 2.20. The Kier molecular flexibility index (Phi) is 6.99. The molecule has 2 rings (SSSR count). The second-order valence-corrected chi connectivity index (χ2v) is 8.68. The molecular weight excluding hydrogens is 394 g/mol. The van der Waals surface area contributed by atoms with E-state index in [0.717, 1.165) is 14.2 Å². The van der Waals surface area contributed by atoms with Gasteiger partial charge in [-0.05, 0) is 55.8 Å². The van der Waals surface area contributed by atoms with Crippen molar-refractivity contribution in [2.75, 3.05) is 37.4 Å². The molecule has 0 aliphatic heterocycles. The average molecular weight is 420 g/mol. The summed E-state index contributed by atoms with van der Waals surface area (Å²) in [4.78, 5) is 24.5. The van der Waals surface area contributed by atoms with Gasteiger partial charge in [-0.25, -0.2) is 4.79 Å². The van der Waals surface area contributed by atoms with Crippen LogP contribution in [-0.4, -0.2) is 52.3 Å². The van der Waals surface area contributed by atoms with Crippen molar-refractivity contribution >= 4 is 33.5 Å². The maximum Gasteiger partial charge on any atom is 0.338 e. The maximum absolute atomic E-state index is 12.6. The molecule has 9 heteroatoms. The Bertz CT molecular complexity index is 1000. The first kappa shape index (κ1) is 22.4. The zero-order chi connectivity index (χ0) is 21.8. The minimum absolute atomic E-state index is 0.263. The number of rotatable bonds is 7. The standard InChI is InChI=1S/C20H25N3O5S/c1-6-28-20(25)16-8-7-14(2)18(13-16)21-19(24)15-9-11-17(12-10-15)23(5)29(26,27)22(3)4/h7-13H,6H2,1-5H3,(H,21,24). The van der Waals surface area contributed by atoms with Crippen LogP contribution >= 0.6 is 0 Å². The number of anilines is 2. The molecule has 0 bridgehead atoms. The topological polar surface area (TPSA) is 96.0 Å². The lowest BCUT2D eigenvalue weighted by atomic mass is 10.1. The van der Waals surface area contributed by atoms with E-state index in [2.05, 4.69) is 5.32 Å². The van der Waals surface area contributed by atoms with Gasteiger partial charge in [-0.1, -0.05) is 6.07 Å². The van der Waals surface area contributed by atoms with Gasteiger partial charge in [-0.3, -0.25) is 9.10 Å². The van der Waals surface area contributed by atoms with Crippen molar-refractivity contribution in [2.24, 2.45) is 0 Å². The van der Waals surface area contributed by atoms with Crippen LogP contribution in [0.4, 0.5) is 11.4 Å². The summed E-state index contributed by atoms with van der Waals surface area (Å²) >= 11 is 0. The molecule has 0 radical (unpaired) electrons. The van der Waals surface area contributed by atoms with E-state index in [1.807, 2.05) is 6.92 Å². The van der Waals surface area contributed by atoms with Gasteiger partial charge < -0.3 is 10.1 Å². The third-order valence-electron chi connectivity index (χ3n) is 4.30. The quantitative estimate of drug-likeness (QED) is 0.696. The van der Waals surface area contributed by atoms with Gasteiger partial charge in [-0.15, -0.1) is 0 Å². The number of esters is 1. The number of nitrogens with zero attached hydrogens (tertiary/aromatic N) is 2. The molecule has 2 aromatic rings. The third kappa shape index (κ3) is 5.12. The van der Waals surface area contributed by atoms with Crippen molar-refractivity contribution in [1.29, 1.82) is 0 Å². The smallest absolute Gasteiger partial charge is 0.338 e. The molecule has 0 aromatic heterocycles. The Labute approximate surface area is 171 Å². The fraction of sp³-hybridized carbons (Fsp3) is 0.300. The van der Waals surface area contributed by atoms with Gasteiger partial charge >= 0.3 is 16.2 Å². The van der Waals surface area contributed by atoms with Gasteiger partial charge in [0.05, 0.1) is 17.9 Å². The molecule has 0 saturated heterocycles. The summed E-state index contributed by atoms with van der Waals surface area (Å²) in [6, 6.07) is 11.1. The molecule has 1 N–H and O–H groups in total. The lowest BCUT2D eigenvalue weighted by Gasteiger charge is -2.23. The van der Waals surface area contributed by atoms with Gasteiger partial charge in [0, 0.05) is 32.4 Å². The maximum atomic E-state index is 12.6. The van der Waals surface area contributed by atoms with Gasteiger partial charge in [0.1, 0.15) is 0 Å². The molecule has 0 aliphatic rings. The first-order chi connectivity index (χ1) is 13.6. The second kappa shape index (κ2) is 9.06. The van der Waals surface area contributed by atoms with Crippen LogP contribution in [0, 0.1) is 6.92 Å². The Morgan fingerprint density at radius 1 is 1.00 bits per heavy atom. The van der Waals surface area contributed by atoms with E-state index in [4.69, 9.17) is 4.74 Å². The van der Waals surface area contributed by atoms with Gasteiger partial charge in [0.25, 0.3) is 5.91 Å². The van der Waals surface area contributed by atoms with Crippen LogP contribution < -0.4 is 9.62 Å². The average Bonchev–Trinajstić information content (AvgIpc) is 2.69. The SMILES string of the molecule is CCOC(=O)c1ccc(C)c(NC(=O)c2ccc(N(C)S(=O)(=O)N(C)C)cc2)c1. The highest BCUT2D eigenvalue weighted by molar-refractivity contribution is 7.90. The number of ether oxygens (including phenoxy) is 1. The van der Waals surface area contributed by atoms with Crippen LogP contribution in [0.3, 0.4) is 0 Å². The minimum atomic E-state index is -3.61. The van der Waals surface area contributed by atoms with Crippen molar-refractivity contribution in [3.05, 3.63) is 59.2 Å². The fourth-order valence-electron chi connectivity index (χ4n) is 2.49. The predicted octanol–water partition coefficient (Wildman–Crippen LogP) is 2.67. The van der Waals surface area contributed by atoms with E-state index in [-0.39, 0.29) is 12.5 Å². The predicted molar refractivity (Wildman–Crippen MR) is 113 cm³/mol. The molecule has 0 saturated carbocycles. The number of hydrogen-bond donors (Lipinski definition) is 1. The number of benzene rings is 2. The lowest BCUT2D eigenvalue weighted by molar-refractivity contribution is 0.0526. The number of nitrogens with one attached hydrogen (secondary N) is 1. The molecule has 2 aromatic carbocycles. The highest BCUT2D eigenvalue weighted by Gasteiger charge is 2.21. The van der Waals surface area contributed by atoms with Crippen LogP contribution in [0.5, 0.6) is 0 Å². The summed E-state index contributed by atoms with van der Waals surface area (Å²) in [7, 11) is 0.716. The number of carbonyl (C=O) groups excluding carboxylic acids is 2. The van der Waals surface area contributed by atoms with E-state index in [1.54, 1.807) is 37.3 Å². The Morgan fingerprint density at radius 2 is 1.59 bits per heavy atom. The number of carbonyl (C=O) groups is 2. The first-order valence-corrected chi connectivity index (χ1v) is 10.3. The fourth-order valence-corrected chi connectivity index (χ4v) is 3.37. The molecule has 8 nitrogen and oxygen atoms in total. The summed E-state index contributed by atoms with van der Waals surface area (Å²) in [6.07, 6.45) is 0. The van der Waals surface area contributed by atoms with Gasteiger partial charge in [0.2, 0.25) is 0 Å². The van der Waals surface area contributed by atoms with E-state index in [0.29, 0.717) is 22.5 Å². The van der Waals surface area contributed by atoms with Gasteiger partial charge in [0.15, 0.2) is 0 Å². The molecular formula is C20H25N3O5S. The van der Waals surface area contributed by atoms with Gasteiger partial charge in [-0.2, -0.15) is 12.7 Å². The second-order valence-electron chi connectivity index (χ2n) is 6.51. The lowest BCUT2D eigenvalue weighted by Crippen LogP contribution is -2.37. The molecule has 0 unspecified atom stereocenters. The van der Waals surface area contributed by atoms with Crippen LogP contribution in [0.25, 0.3) is 0 Å². The molecule has 0 aliphatic carbocycles. The van der Waals surface area contributed by atoms with Crippen molar-refractivity contribution in [3.8, 4) is 0 Å². The largest absolute Gasteiger partial charge is 0.462 e. The highest BCUT2D eigenvalue weighted by atomic mass is 32.2. The van der Waals surface area contributed by atoms with Crippen molar-refractivity contribution in [2.45, 2.75) is 13.8 Å². The zero-order valence-electron chi connectivity index (χ0n) is 17.1. The van der Waals surface area contributed by atoms with Crippen LogP contribution in [0.15, 0.2) is 42.5 Å².